The van der Waals surface area contributed by atoms with Gasteiger partial charge >= 0.3 is 5.97 Å². The predicted octanol–water partition coefficient (Wildman–Crippen LogP) is 3.54. The van der Waals surface area contributed by atoms with Crippen molar-refractivity contribution in [3.8, 4) is 11.5 Å². The van der Waals surface area contributed by atoms with Crippen molar-refractivity contribution in [1.29, 1.82) is 0 Å². The molecule has 1 amide bonds. The minimum atomic E-state index is -0.938. The summed E-state index contributed by atoms with van der Waals surface area (Å²) >= 11 is 6.54. The molecule has 2 aromatic rings. The van der Waals surface area contributed by atoms with Crippen molar-refractivity contribution >= 4 is 46.3 Å². The van der Waals surface area contributed by atoms with Crippen LogP contribution in [-0.2, 0) is 16.1 Å². The maximum absolute atomic E-state index is 12.7. The fourth-order valence-corrected chi connectivity index (χ4v) is 3.74. The van der Waals surface area contributed by atoms with Crippen molar-refractivity contribution in [2.24, 2.45) is 0 Å². The summed E-state index contributed by atoms with van der Waals surface area (Å²) in [7, 11) is 1.49. The molecule has 2 heterocycles. The van der Waals surface area contributed by atoms with E-state index in [-0.39, 0.29) is 25.5 Å². The number of hydrogen-bond acceptors (Lipinski definition) is 7. The first-order valence-corrected chi connectivity index (χ1v) is 9.51. The molecule has 0 aliphatic carbocycles. The minimum absolute atomic E-state index is 0.0382. The highest BCUT2D eigenvalue weighted by Crippen LogP contribution is 2.35. The van der Waals surface area contributed by atoms with Gasteiger partial charge in [-0.1, -0.05) is 30.0 Å². The van der Waals surface area contributed by atoms with E-state index in [0.717, 1.165) is 5.56 Å². The highest BCUT2D eigenvalue weighted by Gasteiger charge is 2.32. The van der Waals surface area contributed by atoms with Crippen molar-refractivity contribution in [2.75, 3.05) is 13.7 Å². The third-order valence-corrected chi connectivity index (χ3v) is 5.20. The fourth-order valence-electron chi connectivity index (χ4n) is 2.49. The van der Waals surface area contributed by atoms with Gasteiger partial charge in [-0.3, -0.25) is 14.5 Å². The summed E-state index contributed by atoms with van der Waals surface area (Å²) in [5.74, 6) is 0.415. The second-order valence-corrected chi connectivity index (χ2v) is 7.43. The molecule has 1 aliphatic rings. The molecule has 1 N–H and O–H groups in total. The van der Waals surface area contributed by atoms with E-state index in [1.54, 1.807) is 42.7 Å². The van der Waals surface area contributed by atoms with Crippen LogP contribution >= 0.6 is 24.0 Å². The molecule has 0 spiro atoms. The lowest BCUT2D eigenvalue weighted by Crippen LogP contribution is -2.27. The van der Waals surface area contributed by atoms with Crippen LogP contribution in [0.5, 0.6) is 11.5 Å². The third kappa shape index (κ3) is 4.73. The van der Waals surface area contributed by atoms with Gasteiger partial charge in [0.25, 0.3) is 5.91 Å². The number of carbonyl (C=O) groups excluding carboxylic acids is 1. The van der Waals surface area contributed by atoms with E-state index in [4.69, 9.17) is 31.2 Å². The Hall–Kier alpha value is -2.78. The number of amides is 1. The standard InChI is InChI=1S/C19H17NO6S2/c1-24-15-9-12(4-5-14(15)26-8-6-17(21)22)10-16-18(23)20(19(27)28-16)11-13-3-2-7-25-13/h2-5,7,9-10H,6,8,11H2,1H3,(H,21,22)/b16-10+. The van der Waals surface area contributed by atoms with E-state index in [1.807, 2.05) is 0 Å². The Morgan fingerprint density at radius 2 is 2.18 bits per heavy atom. The molecule has 1 aromatic heterocycles. The second kappa shape index (κ2) is 8.94. The summed E-state index contributed by atoms with van der Waals surface area (Å²) in [4.78, 5) is 25.3. The maximum atomic E-state index is 12.7. The molecule has 9 heteroatoms. The Balaban J connectivity index is 1.74. The molecule has 1 aliphatic heterocycles. The van der Waals surface area contributed by atoms with E-state index in [0.29, 0.717) is 26.5 Å². The van der Waals surface area contributed by atoms with Gasteiger partial charge in [-0.15, -0.1) is 0 Å². The summed E-state index contributed by atoms with van der Waals surface area (Å²) < 4.78 is 16.5. The number of nitrogens with zero attached hydrogens (tertiary/aromatic N) is 1. The van der Waals surface area contributed by atoms with Gasteiger partial charge in [0, 0.05) is 0 Å². The molecule has 1 fully saturated rings. The van der Waals surface area contributed by atoms with Crippen LogP contribution in [0.1, 0.15) is 17.7 Å². The molecule has 7 nitrogen and oxygen atoms in total. The van der Waals surface area contributed by atoms with Crippen LogP contribution in [0.2, 0.25) is 0 Å². The zero-order chi connectivity index (χ0) is 20.1. The summed E-state index contributed by atoms with van der Waals surface area (Å²) in [5, 5.41) is 8.70. The molecular weight excluding hydrogens is 402 g/mol. The highest BCUT2D eigenvalue weighted by molar-refractivity contribution is 8.26. The van der Waals surface area contributed by atoms with Crippen molar-refractivity contribution in [1.82, 2.24) is 4.90 Å². The number of thioether (sulfide) groups is 1. The van der Waals surface area contributed by atoms with Crippen molar-refractivity contribution < 1.29 is 28.6 Å². The van der Waals surface area contributed by atoms with Crippen LogP contribution in [0.4, 0.5) is 0 Å². The lowest BCUT2D eigenvalue weighted by molar-refractivity contribution is -0.137. The number of carboxylic acid groups (broad SMARTS) is 1. The Morgan fingerprint density at radius 3 is 2.86 bits per heavy atom. The minimum Gasteiger partial charge on any atom is -0.493 e. The highest BCUT2D eigenvalue weighted by atomic mass is 32.2. The van der Waals surface area contributed by atoms with Crippen LogP contribution in [0.15, 0.2) is 45.9 Å². The third-order valence-electron chi connectivity index (χ3n) is 3.83. The summed E-state index contributed by atoms with van der Waals surface area (Å²) in [6.07, 6.45) is 3.17. The first kappa shape index (κ1) is 20.0. The van der Waals surface area contributed by atoms with E-state index >= 15 is 0 Å². The molecular formula is C19H17NO6S2. The number of rotatable bonds is 8. The lowest BCUT2D eigenvalue weighted by atomic mass is 10.2. The molecule has 3 rings (SSSR count). The normalized spacial score (nSPS) is 15.3. The van der Waals surface area contributed by atoms with Gasteiger partial charge in [-0.2, -0.15) is 0 Å². The van der Waals surface area contributed by atoms with Gasteiger partial charge in [0.2, 0.25) is 0 Å². The van der Waals surface area contributed by atoms with Crippen molar-refractivity contribution in [2.45, 2.75) is 13.0 Å². The number of ether oxygens (including phenoxy) is 2. The summed E-state index contributed by atoms with van der Waals surface area (Å²) in [5.41, 5.74) is 0.737. The van der Waals surface area contributed by atoms with Crippen LogP contribution in [0.25, 0.3) is 6.08 Å². The predicted molar refractivity (Wildman–Crippen MR) is 108 cm³/mol. The Morgan fingerprint density at radius 1 is 1.36 bits per heavy atom. The van der Waals surface area contributed by atoms with Crippen LogP contribution in [-0.4, -0.2) is 39.9 Å². The van der Waals surface area contributed by atoms with Crippen molar-refractivity contribution in [3.63, 3.8) is 0 Å². The van der Waals surface area contributed by atoms with Crippen LogP contribution in [0, 0.1) is 0 Å². The van der Waals surface area contributed by atoms with E-state index in [9.17, 15) is 9.59 Å². The fraction of sp³-hybridized carbons (Fsp3) is 0.211. The molecule has 0 bridgehead atoms. The van der Waals surface area contributed by atoms with Gasteiger partial charge in [-0.05, 0) is 35.9 Å². The molecule has 0 radical (unpaired) electrons. The first-order valence-electron chi connectivity index (χ1n) is 8.28. The smallest absolute Gasteiger partial charge is 0.306 e. The van der Waals surface area contributed by atoms with Crippen LogP contribution < -0.4 is 9.47 Å². The number of carboxylic acids is 1. The zero-order valence-electron chi connectivity index (χ0n) is 14.9. The van der Waals surface area contributed by atoms with Gasteiger partial charge in [0.05, 0.1) is 37.9 Å². The first-order chi connectivity index (χ1) is 13.5. The average molecular weight is 419 g/mol. The largest absolute Gasteiger partial charge is 0.493 e. The van der Waals surface area contributed by atoms with Gasteiger partial charge in [0.1, 0.15) is 10.1 Å². The number of thiocarbonyl (C=S) groups is 1. The second-order valence-electron chi connectivity index (χ2n) is 5.75. The molecule has 1 aromatic carbocycles. The topological polar surface area (TPSA) is 89.2 Å². The van der Waals surface area contributed by atoms with Crippen LogP contribution in [0.3, 0.4) is 0 Å². The number of methoxy groups -OCH3 is 1. The summed E-state index contributed by atoms with van der Waals surface area (Å²) in [6, 6.07) is 8.70. The Kier molecular flexibility index (Phi) is 6.37. The molecule has 146 valence electrons. The quantitative estimate of drug-likeness (QED) is 0.513. The average Bonchev–Trinajstić information content (AvgIpc) is 3.27. The molecule has 1 saturated heterocycles. The van der Waals surface area contributed by atoms with E-state index < -0.39 is 5.97 Å². The molecule has 0 unspecified atom stereocenters. The Labute approximate surface area is 170 Å². The number of aliphatic carboxylic acids is 1. The number of hydrogen-bond donors (Lipinski definition) is 1. The summed E-state index contributed by atoms with van der Waals surface area (Å²) in [6.45, 7) is 0.325. The number of benzene rings is 1. The SMILES string of the molecule is COc1cc(/C=C2/SC(=S)N(Cc3ccco3)C2=O)ccc1OCCC(=O)O. The molecule has 0 saturated carbocycles. The Bertz CT molecular complexity index is 923. The number of carbonyl (C=O) groups is 2. The van der Waals surface area contributed by atoms with Crippen molar-refractivity contribution in [3.05, 3.63) is 52.8 Å². The molecule has 28 heavy (non-hydrogen) atoms. The van der Waals surface area contributed by atoms with E-state index in [2.05, 4.69) is 0 Å². The van der Waals surface area contributed by atoms with Gasteiger partial charge in [0.15, 0.2) is 11.5 Å². The maximum Gasteiger partial charge on any atom is 0.306 e. The van der Waals surface area contributed by atoms with Gasteiger partial charge < -0.3 is 19.0 Å². The number of furan rings is 1. The lowest BCUT2D eigenvalue weighted by Gasteiger charge is -2.12. The monoisotopic (exact) mass is 419 g/mol. The molecule has 0 atom stereocenters. The zero-order valence-corrected chi connectivity index (χ0v) is 16.5. The van der Waals surface area contributed by atoms with E-state index in [1.165, 1.54) is 23.8 Å². The van der Waals surface area contributed by atoms with Gasteiger partial charge in [-0.25, -0.2) is 0 Å².